The van der Waals surface area contributed by atoms with Crippen molar-refractivity contribution in [1.82, 2.24) is 9.88 Å². The molecule has 4 aromatic rings. The number of benzene rings is 3. The van der Waals surface area contributed by atoms with Crippen LogP contribution in [0.4, 0.5) is 0 Å². The Labute approximate surface area is 240 Å². The minimum Gasteiger partial charge on any atom is -0.504 e. The molecule has 3 aromatic carbocycles. The van der Waals surface area contributed by atoms with Gasteiger partial charge >= 0.3 is 0 Å². The summed E-state index contributed by atoms with van der Waals surface area (Å²) in [5.74, 6) is 1.88. The third-order valence-electron chi connectivity index (χ3n) is 7.66. The number of phenols is 1. The van der Waals surface area contributed by atoms with Crippen LogP contribution in [0.1, 0.15) is 51.5 Å². The number of fused-ring (bicyclic) bond motifs is 1. The SMILES string of the molecule is COc1ccc(CCOc2cc3c(cc2OC)CCN(C(=O)CCc2cocn2)C3c2ccc(C)cc2C)cc1O. The summed E-state index contributed by atoms with van der Waals surface area (Å²) in [5, 5.41) is 10.1. The lowest BCUT2D eigenvalue weighted by Gasteiger charge is -2.39. The number of aromatic hydroxyl groups is 1. The number of aryl methyl sites for hydroxylation is 3. The Morgan fingerprint density at radius 1 is 1.00 bits per heavy atom. The summed E-state index contributed by atoms with van der Waals surface area (Å²) in [6.07, 6.45) is 5.15. The molecule has 0 saturated heterocycles. The van der Waals surface area contributed by atoms with Gasteiger partial charge in [0.2, 0.25) is 5.91 Å². The Balaban J connectivity index is 1.44. The number of phenolic OH excluding ortho intramolecular Hbond substituents is 1. The van der Waals surface area contributed by atoms with Crippen molar-refractivity contribution < 1.29 is 28.5 Å². The van der Waals surface area contributed by atoms with Gasteiger partial charge in [0.05, 0.1) is 32.6 Å². The van der Waals surface area contributed by atoms with Gasteiger partial charge in [0.25, 0.3) is 0 Å². The van der Waals surface area contributed by atoms with Gasteiger partial charge in [-0.1, -0.05) is 29.8 Å². The number of hydrogen-bond donors (Lipinski definition) is 1. The molecule has 1 unspecified atom stereocenters. The summed E-state index contributed by atoms with van der Waals surface area (Å²) < 4.78 is 22.2. The highest BCUT2D eigenvalue weighted by atomic mass is 16.5. The summed E-state index contributed by atoms with van der Waals surface area (Å²) >= 11 is 0. The monoisotopic (exact) mass is 556 g/mol. The number of nitrogens with zero attached hydrogens (tertiary/aromatic N) is 2. The van der Waals surface area contributed by atoms with Gasteiger partial charge in [-0.15, -0.1) is 0 Å². The van der Waals surface area contributed by atoms with Crippen molar-refractivity contribution >= 4 is 5.91 Å². The molecule has 2 heterocycles. The van der Waals surface area contributed by atoms with E-state index in [0.717, 1.165) is 33.5 Å². The van der Waals surface area contributed by atoms with Crippen molar-refractivity contribution in [3.8, 4) is 23.0 Å². The van der Waals surface area contributed by atoms with Gasteiger partial charge in [-0.3, -0.25) is 4.79 Å². The number of methoxy groups -OCH3 is 2. The normalized spacial score (nSPS) is 14.4. The van der Waals surface area contributed by atoms with E-state index in [-0.39, 0.29) is 17.7 Å². The molecule has 1 aliphatic heterocycles. The van der Waals surface area contributed by atoms with Gasteiger partial charge in [0, 0.05) is 25.8 Å². The fourth-order valence-corrected chi connectivity index (χ4v) is 5.55. The number of ether oxygens (including phenoxy) is 3. The van der Waals surface area contributed by atoms with Crippen molar-refractivity contribution in [2.24, 2.45) is 0 Å². The lowest BCUT2D eigenvalue weighted by atomic mass is 9.85. The highest BCUT2D eigenvalue weighted by Crippen LogP contribution is 2.42. The van der Waals surface area contributed by atoms with E-state index in [1.807, 2.05) is 23.1 Å². The molecular formula is C33H36N2O6. The number of hydrogen-bond acceptors (Lipinski definition) is 7. The van der Waals surface area contributed by atoms with Gasteiger partial charge in [-0.2, -0.15) is 0 Å². The van der Waals surface area contributed by atoms with Crippen LogP contribution in [0.25, 0.3) is 0 Å². The molecule has 5 rings (SSSR count). The van der Waals surface area contributed by atoms with Crippen LogP contribution in [0.2, 0.25) is 0 Å². The van der Waals surface area contributed by atoms with Crippen molar-refractivity contribution in [3.63, 3.8) is 0 Å². The number of carbonyl (C=O) groups excluding carboxylic acids is 1. The first-order valence-corrected chi connectivity index (χ1v) is 13.8. The predicted molar refractivity (Wildman–Crippen MR) is 155 cm³/mol. The molecule has 1 aliphatic rings. The zero-order valence-electron chi connectivity index (χ0n) is 24.0. The van der Waals surface area contributed by atoms with Crippen molar-refractivity contribution in [3.05, 3.63) is 100 Å². The van der Waals surface area contributed by atoms with Gasteiger partial charge in [-0.25, -0.2) is 4.98 Å². The van der Waals surface area contributed by atoms with E-state index < -0.39 is 0 Å². The van der Waals surface area contributed by atoms with E-state index in [1.165, 1.54) is 19.1 Å². The maximum absolute atomic E-state index is 13.7. The molecule has 1 N–H and O–H groups in total. The van der Waals surface area contributed by atoms with E-state index in [1.54, 1.807) is 25.5 Å². The first-order chi connectivity index (χ1) is 19.9. The second kappa shape index (κ2) is 12.4. The standard InChI is InChI=1S/C33H36N2O6/c1-21-5-8-26(22(2)15-21)33-27-18-31(41-14-12-23-6-9-29(38-3)28(36)16-23)30(39-4)17-24(27)11-13-35(33)32(37)10-7-25-19-40-20-34-25/h5-6,8-9,15-20,33,36H,7,10-14H2,1-4H3. The number of rotatable bonds is 10. The third-order valence-corrected chi connectivity index (χ3v) is 7.66. The molecule has 1 amide bonds. The molecule has 0 bridgehead atoms. The summed E-state index contributed by atoms with van der Waals surface area (Å²) in [6, 6.07) is 15.5. The van der Waals surface area contributed by atoms with Gasteiger partial charge in [-0.05, 0) is 72.4 Å². The Bertz CT molecular complexity index is 1510. The fraction of sp³-hybridized carbons (Fsp3) is 0.333. The molecule has 8 nitrogen and oxygen atoms in total. The molecule has 214 valence electrons. The minimum absolute atomic E-state index is 0.0706. The van der Waals surface area contributed by atoms with E-state index in [9.17, 15) is 9.90 Å². The predicted octanol–water partition coefficient (Wildman–Crippen LogP) is 5.74. The second-order valence-electron chi connectivity index (χ2n) is 10.4. The fourth-order valence-electron chi connectivity index (χ4n) is 5.55. The maximum atomic E-state index is 13.7. The number of aromatic nitrogens is 1. The van der Waals surface area contributed by atoms with Crippen LogP contribution in [0, 0.1) is 13.8 Å². The van der Waals surface area contributed by atoms with Crippen molar-refractivity contribution in [2.75, 3.05) is 27.4 Å². The summed E-state index contributed by atoms with van der Waals surface area (Å²) in [4.78, 5) is 19.8. The first kappa shape index (κ1) is 28.1. The lowest BCUT2D eigenvalue weighted by molar-refractivity contribution is -0.133. The Kier molecular flexibility index (Phi) is 8.47. The minimum atomic E-state index is -0.254. The van der Waals surface area contributed by atoms with Crippen LogP contribution >= 0.6 is 0 Å². The van der Waals surface area contributed by atoms with Crippen molar-refractivity contribution in [1.29, 1.82) is 0 Å². The van der Waals surface area contributed by atoms with Crippen LogP contribution in [0.15, 0.2) is 65.6 Å². The van der Waals surface area contributed by atoms with Gasteiger partial charge < -0.3 is 28.6 Å². The molecule has 1 atom stereocenters. The third kappa shape index (κ3) is 6.16. The lowest BCUT2D eigenvalue weighted by Crippen LogP contribution is -2.41. The highest BCUT2D eigenvalue weighted by molar-refractivity contribution is 5.78. The summed E-state index contributed by atoms with van der Waals surface area (Å²) in [6.45, 7) is 5.16. The zero-order valence-corrected chi connectivity index (χ0v) is 24.0. The number of amides is 1. The van der Waals surface area contributed by atoms with Crippen LogP contribution in [-0.2, 0) is 24.1 Å². The largest absolute Gasteiger partial charge is 0.504 e. The quantitative estimate of drug-likeness (QED) is 0.266. The van der Waals surface area contributed by atoms with Gasteiger partial charge in [0.15, 0.2) is 29.4 Å². The van der Waals surface area contributed by atoms with Crippen LogP contribution < -0.4 is 14.2 Å². The molecular weight excluding hydrogens is 520 g/mol. The van der Waals surface area contributed by atoms with Crippen LogP contribution in [0.5, 0.6) is 23.0 Å². The average Bonchev–Trinajstić information content (AvgIpc) is 3.49. The Hall–Kier alpha value is -4.46. The molecule has 0 spiro atoms. The highest BCUT2D eigenvalue weighted by Gasteiger charge is 2.34. The molecule has 41 heavy (non-hydrogen) atoms. The topological polar surface area (TPSA) is 94.3 Å². The van der Waals surface area contributed by atoms with E-state index in [0.29, 0.717) is 56.1 Å². The first-order valence-electron chi connectivity index (χ1n) is 13.8. The molecule has 0 fully saturated rings. The van der Waals surface area contributed by atoms with Crippen LogP contribution in [-0.4, -0.2) is 48.3 Å². The second-order valence-corrected chi connectivity index (χ2v) is 10.4. The van der Waals surface area contributed by atoms with Gasteiger partial charge in [0.1, 0.15) is 6.26 Å². The average molecular weight is 557 g/mol. The van der Waals surface area contributed by atoms with Crippen LogP contribution in [0.3, 0.4) is 0 Å². The zero-order chi connectivity index (χ0) is 28.9. The molecule has 0 radical (unpaired) electrons. The Morgan fingerprint density at radius 2 is 1.83 bits per heavy atom. The summed E-state index contributed by atoms with van der Waals surface area (Å²) in [5.41, 5.74) is 7.28. The molecule has 1 aromatic heterocycles. The van der Waals surface area contributed by atoms with E-state index in [2.05, 4.69) is 37.0 Å². The summed E-state index contributed by atoms with van der Waals surface area (Å²) in [7, 11) is 3.16. The smallest absolute Gasteiger partial charge is 0.223 e. The molecule has 8 heteroatoms. The van der Waals surface area contributed by atoms with Crippen molar-refractivity contribution in [2.45, 2.75) is 45.6 Å². The van der Waals surface area contributed by atoms with E-state index in [4.69, 9.17) is 18.6 Å². The maximum Gasteiger partial charge on any atom is 0.223 e. The van der Waals surface area contributed by atoms with E-state index >= 15 is 0 Å². The molecule has 0 saturated carbocycles. The Morgan fingerprint density at radius 3 is 2.54 bits per heavy atom. The number of carbonyl (C=O) groups is 1. The molecule has 0 aliphatic carbocycles. The number of oxazole rings is 1.